The molecule has 7 fully saturated rings. The van der Waals surface area contributed by atoms with Crippen LogP contribution >= 0.6 is 0 Å². The molecule has 0 saturated carbocycles. The molecule has 522 valence electrons. The molecule has 7 aliphatic rings. The van der Waals surface area contributed by atoms with Crippen LogP contribution in [0.25, 0.3) is 0 Å². The molecule has 23 N–H and O–H groups in total. The zero-order valence-electron chi connectivity index (χ0n) is 48.4. The van der Waals surface area contributed by atoms with Crippen LogP contribution in [0.5, 0.6) is 0 Å². The maximum absolute atomic E-state index is 12.9. The van der Waals surface area contributed by atoms with E-state index in [-0.39, 0.29) is 6.41 Å². The number of nitrogens with one attached hydrogen (secondary N) is 3. The van der Waals surface area contributed by atoms with Gasteiger partial charge in [-0.1, -0.05) is 0 Å². The van der Waals surface area contributed by atoms with Crippen molar-refractivity contribution in [3.63, 3.8) is 0 Å². The number of hydrogen-bond acceptors (Lipinski definition) is 37. The Balaban J connectivity index is 1.09. The summed E-state index contributed by atoms with van der Waals surface area (Å²) in [5.41, 5.74) is 0. The van der Waals surface area contributed by atoms with Gasteiger partial charge in [-0.2, -0.15) is 0 Å². The summed E-state index contributed by atoms with van der Waals surface area (Å²) in [6, 6.07) is -4.58. The van der Waals surface area contributed by atoms with Gasteiger partial charge in [0.05, 0.1) is 65.0 Å². The average molecular weight is 1320 g/mol. The fourth-order valence-electron chi connectivity index (χ4n) is 11.2. The number of carbonyl (C=O) groups excluding carboxylic acids is 3. The van der Waals surface area contributed by atoms with Gasteiger partial charge in [-0.15, -0.1) is 0 Å². The summed E-state index contributed by atoms with van der Waals surface area (Å²) < 4.78 is 81.1. The number of ether oxygens (including phenoxy) is 14. The Morgan fingerprint density at radius 2 is 0.778 bits per heavy atom. The molecule has 0 aromatic heterocycles. The predicted molar refractivity (Wildman–Crippen MR) is 277 cm³/mol. The SMILES string of the molecule is CC(=O)N[C@H]1[C@H](O[C@H]2[C@@H](O)[C@@H](CO)O[C@@H](O[C@H]3[C@H](O)[C@@H](O)[C@H](OC[C@@H](CO)NC=O)O[C@@H]3CO)[C@@H]2O)O[C@H](CO)[C@@H](O)[C@@H]1O[C@@H]1O[C@H](CO[C@@H]2O[C@H](CO)[C@@H](O)[C@H](O[C@@H]3O[C@H](CO)[C@H](O)[C@H](O)[C@H]3O[C@@H]3O[C@@H](C)[C@@H](O)[C@@H](O)[C@@H]3O)[C@H]2NC(C)=O)[C@H](O)[C@H](O)[C@H]1O. The molecule has 0 bridgehead atoms. The van der Waals surface area contributed by atoms with Crippen molar-refractivity contribution < 1.29 is 183 Å². The molecular weight excluding hydrogens is 1230 g/mol. The topological polar surface area (TPSA) is 621 Å². The lowest BCUT2D eigenvalue weighted by molar-refractivity contribution is -0.384. The number of amides is 3. The monoisotopic (exact) mass is 1320 g/mol. The maximum Gasteiger partial charge on any atom is 0.217 e. The third-order valence-corrected chi connectivity index (χ3v) is 16.3. The summed E-state index contributed by atoms with van der Waals surface area (Å²) in [6.07, 6.45) is -63.1. The van der Waals surface area contributed by atoms with Crippen LogP contribution in [0.1, 0.15) is 20.8 Å². The Morgan fingerprint density at radius 3 is 1.32 bits per heavy atom. The molecule has 0 unspecified atom stereocenters. The molecule has 7 saturated heterocycles. The van der Waals surface area contributed by atoms with Crippen LogP contribution in [0.15, 0.2) is 0 Å². The minimum atomic E-state index is -2.26. The van der Waals surface area contributed by atoms with Gasteiger partial charge in [-0.25, -0.2) is 0 Å². The van der Waals surface area contributed by atoms with Gasteiger partial charge >= 0.3 is 0 Å². The van der Waals surface area contributed by atoms with E-state index in [1.54, 1.807) is 0 Å². The normalized spacial score (nSPS) is 48.1. The van der Waals surface area contributed by atoms with Crippen LogP contribution in [0, 0.1) is 0 Å². The van der Waals surface area contributed by atoms with Crippen LogP contribution in [-0.4, -0.2) is 394 Å². The van der Waals surface area contributed by atoms with Crippen LogP contribution in [0.4, 0.5) is 0 Å². The first-order chi connectivity index (χ1) is 42.7. The third kappa shape index (κ3) is 16.6. The molecule has 0 aromatic carbocycles. The number of carbonyl (C=O) groups is 3. The van der Waals surface area contributed by atoms with Gasteiger partial charge in [-0.3, -0.25) is 14.4 Å². The van der Waals surface area contributed by atoms with Gasteiger partial charge in [0.15, 0.2) is 44.0 Å². The molecule has 7 heterocycles. The highest BCUT2D eigenvalue weighted by molar-refractivity contribution is 5.73. The van der Waals surface area contributed by atoms with E-state index < -0.39 is 286 Å². The third-order valence-electron chi connectivity index (χ3n) is 16.3. The van der Waals surface area contributed by atoms with Crippen LogP contribution in [-0.2, 0) is 80.7 Å². The number of aliphatic hydroxyl groups is 20. The summed E-state index contributed by atoms with van der Waals surface area (Å²) in [5.74, 6) is -1.77. The second-order valence-corrected chi connectivity index (χ2v) is 22.5. The van der Waals surface area contributed by atoms with E-state index in [1.807, 2.05) is 0 Å². The van der Waals surface area contributed by atoms with E-state index in [9.17, 15) is 117 Å². The van der Waals surface area contributed by atoms with Crippen molar-refractivity contribution >= 4 is 18.2 Å². The Bertz CT molecular complexity index is 2230. The summed E-state index contributed by atoms with van der Waals surface area (Å²) >= 11 is 0. The number of aliphatic hydroxyl groups excluding tert-OH is 20. The second kappa shape index (κ2) is 33.1. The summed E-state index contributed by atoms with van der Waals surface area (Å²) in [4.78, 5) is 36.7. The van der Waals surface area contributed by atoms with Crippen LogP contribution in [0.2, 0.25) is 0 Å². The molecule has 0 spiro atoms. The van der Waals surface area contributed by atoms with Crippen molar-refractivity contribution in [1.82, 2.24) is 16.0 Å². The molecule has 3 amide bonds. The molecular formula is C50H85N3O37. The van der Waals surface area contributed by atoms with E-state index in [4.69, 9.17) is 66.3 Å². The molecule has 40 heteroatoms. The highest BCUT2D eigenvalue weighted by Crippen LogP contribution is 2.38. The quantitative estimate of drug-likeness (QED) is 0.0358. The maximum atomic E-state index is 12.9. The van der Waals surface area contributed by atoms with E-state index in [2.05, 4.69) is 16.0 Å². The molecule has 0 aliphatic carbocycles. The first-order valence-electron chi connectivity index (χ1n) is 28.7. The summed E-state index contributed by atoms with van der Waals surface area (Å²) in [7, 11) is 0. The smallest absolute Gasteiger partial charge is 0.217 e. The molecule has 0 radical (unpaired) electrons. The first-order valence-corrected chi connectivity index (χ1v) is 28.7. The predicted octanol–water partition coefficient (Wildman–Crippen LogP) is -15.8. The van der Waals surface area contributed by atoms with Gasteiger partial charge in [0.25, 0.3) is 0 Å². The minimum Gasteiger partial charge on any atom is -0.394 e. The lowest BCUT2D eigenvalue weighted by atomic mass is 9.94. The van der Waals surface area contributed by atoms with Crippen molar-refractivity contribution in [3.05, 3.63) is 0 Å². The summed E-state index contributed by atoms with van der Waals surface area (Å²) in [5, 5.41) is 224. The Morgan fingerprint density at radius 1 is 0.389 bits per heavy atom. The molecule has 7 aliphatic heterocycles. The van der Waals surface area contributed by atoms with Crippen molar-refractivity contribution in [2.75, 3.05) is 52.9 Å². The van der Waals surface area contributed by atoms with Gasteiger partial charge in [0, 0.05) is 13.8 Å². The largest absolute Gasteiger partial charge is 0.394 e. The Hall–Kier alpha value is -2.95. The second-order valence-electron chi connectivity index (χ2n) is 22.5. The van der Waals surface area contributed by atoms with Crippen molar-refractivity contribution in [1.29, 1.82) is 0 Å². The van der Waals surface area contributed by atoms with Crippen LogP contribution in [0.3, 0.4) is 0 Å². The highest BCUT2D eigenvalue weighted by atomic mass is 16.8. The minimum absolute atomic E-state index is 0.267. The van der Waals surface area contributed by atoms with E-state index in [1.165, 1.54) is 6.92 Å². The van der Waals surface area contributed by atoms with E-state index in [0.717, 1.165) is 13.8 Å². The first kappa shape index (κ1) is 74.4. The Labute approximate surface area is 510 Å². The number of hydrogen-bond donors (Lipinski definition) is 23. The highest BCUT2D eigenvalue weighted by Gasteiger charge is 2.59. The lowest BCUT2D eigenvalue weighted by Crippen LogP contribution is -2.70. The van der Waals surface area contributed by atoms with Crippen molar-refractivity contribution in [2.45, 2.75) is 242 Å². The van der Waals surface area contributed by atoms with E-state index >= 15 is 0 Å². The zero-order chi connectivity index (χ0) is 66.3. The van der Waals surface area contributed by atoms with E-state index in [0.29, 0.717) is 0 Å². The van der Waals surface area contributed by atoms with Crippen molar-refractivity contribution in [2.24, 2.45) is 0 Å². The molecule has 90 heavy (non-hydrogen) atoms. The van der Waals surface area contributed by atoms with Crippen molar-refractivity contribution in [3.8, 4) is 0 Å². The Kier molecular flexibility index (Phi) is 27.4. The molecule has 0 aromatic rings. The standard InChI is InChI=1S/C50H85N3O37/c1-13-25(63)31(69)35(73)47(79-13)90-43-33(71)26(64)17(5-55)83-50(43)88-40-23(52-14(2)61)44(80-18(6-56)28(40)66)78-11-22-27(65)32(70)36(74)48(85-22)87-41-24(53-15(3)62)45(81-19(7-57)29(41)67)89-42-30(68)20(8-58)82-49(38(42)76)86-39-21(9-59)84-46(37(75)34(39)72)77-10-16(4-54)51-12-60/h12-13,16-50,54-59,63-76H,4-11H2,1-3H3,(H,51,60)(H,52,61)(H,53,62)/t13-,16+,17+,18+,19+,20+,21+,22+,23+,24+,25+,26-,27-,28+,29+,30-,31+,32-,33-,34+,35-,36+,37+,38+,39+,40+,41+,42-,43+,44+,45-,46+,47-,48-,49-,50-/m0/s1. The number of rotatable bonds is 26. The summed E-state index contributed by atoms with van der Waals surface area (Å²) in [6.45, 7) is -3.76. The fourth-order valence-corrected chi connectivity index (χ4v) is 11.2. The van der Waals surface area contributed by atoms with Gasteiger partial charge < -0.3 is 184 Å². The van der Waals surface area contributed by atoms with Crippen LogP contribution < -0.4 is 16.0 Å². The fraction of sp³-hybridized carbons (Fsp3) is 0.940. The van der Waals surface area contributed by atoms with Gasteiger partial charge in [0.2, 0.25) is 18.2 Å². The zero-order valence-corrected chi connectivity index (χ0v) is 48.4. The molecule has 40 nitrogen and oxygen atoms in total. The molecule has 7 rings (SSSR count). The average Bonchev–Trinajstić information content (AvgIpc) is 0.938. The van der Waals surface area contributed by atoms with Gasteiger partial charge in [-0.05, 0) is 6.92 Å². The van der Waals surface area contributed by atoms with Gasteiger partial charge in [0.1, 0.15) is 165 Å². The molecule has 36 atom stereocenters. The lowest BCUT2D eigenvalue weighted by Gasteiger charge is -2.50.